The Bertz CT molecular complexity index is 1230. The van der Waals surface area contributed by atoms with Gasteiger partial charge in [-0.3, -0.25) is 14.9 Å². The maximum atomic E-state index is 13.5. The number of sulfonamides is 1. The quantitative estimate of drug-likeness (QED) is 0.385. The summed E-state index contributed by atoms with van der Waals surface area (Å²) in [6, 6.07) is 5.81. The van der Waals surface area contributed by atoms with Gasteiger partial charge in [0.05, 0.1) is 31.1 Å². The lowest BCUT2D eigenvalue weighted by Gasteiger charge is -2.21. The van der Waals surface area contributed by atoms with Gasteiger partial charge in [-0.2, -0.15) is 4.31 Å². The third kappa shape index (κ3) is 4.14. The van der Waals surface area contributed by atoms with Crippen LogP contribution in [0.15, 0.2) is 29.2 Å². The van der Waals surface area contributed by atoms with Crippen LogP contribution in [-0.4, -0.2) is 64.5 Å². The molecule has 0 aliphatic carbocycles. The van der Waals surface area contributed by atoms with E-state index in [0.717, 1.165) is 0 Å². The molecule has 0 fully saturated rings. The molecule has 0 aromatic heterocycles. The van der Waals surface area contributed by atoms with Gasteiger partial charge in [0.15, 0.2) is 5.75 Å². The van der Waals surface area contributed by atoms with Crippen LogP contribution in [0.1, 0.15) is 29.8 Å². The smallest absolute Gasteiger partial charge is 0.327 e. The fourth-order valence-corrected chi connectivity index (χ4v) is 5.60. The Hall–Kier alpha value is -3.38. The molecule has 0 bridgehead atoms. The lowest BCUT2D eigenvalue weighted by atomic mass is 10.1. The Morgan fingerprint density at radius 1 is 1.09 bits per heavy atom. The summed E-state index contributed by atoms with van der Waals surface area (Å²) in [4.78, 5) is 26.2. The number of rotatable bonds is 9. The molecular weight excluding hydrogens is 466 g/mol. The molecule has 0 atom stereocenters. The molecule has 3 rings (SSSR count). The Morgan fingerprint density at radius 3 is 2.26 bits per heavy atom. The summed E-state index contributed by atoms with van der Waals surface area (Å²) < 4.78 is 42.8. The van der Waals surface area contributed by atoms with E-state index in [4.69, 9.17) is 14.2 Å². The number of anilines is 1. The van der Waals surface area contributed by atoms with E-state index in [1.54, 1.807) is 26.0 Å². The number of methoxy groups -OCH3 is 3. The lowest BCUT2D eigenvalue weighted by Crippen LogP contribution is -2.31. The van der Waals surface area contributed by atoms with Crippen molar-refractivity contribution >= 4 is 27.3 Å². The fourth-order valence-electron chi connectivity index (χ4n) is 4.09. The van der Waals surface area contributed by atoms with E-state index in [1.165, 1.54) is 42.7 Å². The Morgan fingerprint density at radius 2 is 1.74 bits per heavy atom. The van der Waals surface area contributed by atoms with Crippen molar-refractivity contribution in [2.45, 2.75) is 25.2 Å². The monoisotopic (exact) mass is 493 g/mol. The zero-order valence-electron chi connectivity index (χ0n) is 19.7. The molecule has 0 unspecified atom stereocenters. The number of benzene rings is 2. The molecule has 0 saturated carbocycles. The summed E-state index contributed by atoms with van der Waals surface area (Å²) in [6.07, 6.45) is 0.404. The predicted molar refractivity (Wildman–Crippen MR) is 125 cm³/mol. The summed E-state index contributed by atoms with van der Waals surface area (Å²) in [5.74, 6) is -0.756. The maximum absolute atomic E-state index is 13.5. The first-order chi connectivity index (χ1) is 16.2. The molecule has 34 heavy (non-hydrogen) atoms. The van der Waals surface area contributed by atoms with Gasteiger partial charge >= 0.3 is 5.69 Å². The number of hydrogen-bond donors (Lipinski definition) is 0. The highest BCUT2D eigenvalue weighted by atomic mass is 32.2. The van der Waals surface area contributed by atoms with E-state index in [0.29, 0.717) is 30.8 Å². The molecule has 184 valence electrons. The normalized spacial score (nSPS) is 13.1. The molecule has 0 N–H and O–H groups in total. The molecule has 2 aromatic rings. The number of carbonyl (C=O) groups is 1. The van der Waals surface area contributed by atoms with E-state index in [-0.39, 0.29) is 34.3 Å². The van der Waals surface area contributed by atoms with Crippen LogP contribution < -0.4 is 19.1 Å². The predicted octanol–water partition coefficient (Wildman–Crippen LogP) is 2.85. The number of fused-ring (bicyclic) bond motifs is 1. The number of ether oxygens (including phenoxy) is 3. The van der Waals surface area contributed by atoms with Crippen molar-refractivity contribution in [2.24, 2.45) is 0 Å². The SMILES string of the molecule is CCN(CC)S(=O)(=O)c1ccc2c(c1)CCN2C(=O)c1cc(OC)c(OC)c(OC)c1[N+](=O)[O-]. The number of nitrogens with zero attached hydrogens (tertiary/aromatic N) is 3. The minimum absolute atomic E-state index is 0.00123. The average Bonchev–Trinajstić information content (AvgIpc) is 3.25. The van der Waals surface area contributed by atoms with Crippen molar-refractivity contribution in [3.63, 3.8) is 0 Å². The highest BCUT2D eigenvalue weighted by Crippen LogP contribution is 2.47. The fraction of sp³-hybridized carbons (Fsp3) is 0.409. The molecule has 1 aliphatic rings. The van der Waals surface area contributed by atoms with Crippen LogP contribution in [0.3, 0.4) is 0 Å². The molecule has 0 spiro atoms. The molecular formula is C22H27N3O8S. The molecule has 1 aliphatic heterocycles. The molecule has 11 nitrogen and oxygen atoms in total. The van der Waals surface area contributed by atoms with Gasteiger partial charge in [0, 0.05) is 31.4 Å². The van der Waals surface area contributed by atoms with Crippen molar-refractivity contribution in [2.75, 3.05) is 45.9 Å². The standard InChI is InChI=1S/C22H27N3O8S/c1-6-23(7-2)34(29,30)15-8-9-17-14(12-15)10-11-24(17)22(26)16-13-18(31-3)20(32-4)21(33-5)19(16)25(27)28/h8-9,12-13H,6-7,10-11H2,1-5H3. The third-order valence-electron chi connectivity index (χ3n) is 5.75. The van der Waals surface area contributed by atoms with E-state index in [2.05, 4.69) is 0 Å². The molecule has 1 amide bonds. The zero-order valence-corrected chi connectivity index (χ0v) is 20.5. The first-order valence-corrected chi connectivity index (χ1v) is 12.0. The molecule has 2 aromatic carbocycles. The summed E-state index contributed by atoms with van der Waals surface area (Å²) in [7, 11) is 0.234. The van der Waals surface area contributed by atoms with Crippen LogP contribution in [0, 0.1) is 10.1 Å². The van der Waals surface area contributed by atoms with Gasteiger partial charge in [0.1, 0.15) is 5.56 Å². The van der Waals surface area contributed by atoms with Crippen molar-refractivity contribution in [3.05, 3.63) is 45.5 Å². The zero-order chi connectivity index (χ0) is 25.2. The van der Waals surface area contributed by atoms with E-state index < -0.39 is 26.5 Å². The average molecular weight is 494 g/mol. The van der Waals surface area contributed by atoms with Crippen LogP contribution in [-0.2, 0) is 16.4 Å². The van der Waals surface area contributed by atoms with E-state index in [1.807, 2.05) is 0 Å². The van der Waals surface area contributed by atoms with Crippen molar-refractivity contribution < 1.29 is 32.3 Å². The van der Waals surface area contributed by atoms with Gasteiger partial charge in [-0.1, -0.05) is 13.8 Å². The summed E-state index contributed by atoms with van der Waals surface area (Å²) in [5, 5.41) is 11.9. The minimum atomic E-state index is -3.66. The third-order valence-corrected chi connectivity index (χ3v) is 7.80. The maximum Gasteiger partial charge on any atom is 0.327 e. The topological polar surface area (TPSA) is 129 Å². The second-order valence-corrected chi connectivity index (χ2v) is 9.32. The number of carbonyl (C=O) groups excluding carboxylic acids is 1. The van der Waals surface area contributed by atoms with Gasteiger partial charge in [0.2, 0.25) is 21.5 Å². The second kappa shape index (κ2) is 9.85. The van der Waals surface area contributed by atoms with Gasteiger partial charge in [-0.05, 0) is 30.2 Å². The van der Waals surface area contributed by atoms with E-state index in [9.17, 15) is 23.3 Å². The molecule has 0 radical (unpaired) electrons. The highest BCUT2D eigenvalue weighted by molar-refractivity contribution is 7.89. The Kier molecular flexibility index (Phi) is 7.32. The van der Waals surface area contributed by atoms with Crippen molar-refractivity contribution in [1.29, 1.82) is 0 Å². The number of amides is 1. The molecule has 12 heteroatoms. The van der Waals surface area contributed by atoms with Crippen LogP contribution >= 0.6 is 0 Å². The summed E-state index contributed by atoms with van der Waals surface area (Å²) in [5.41, 5.74) is 0.384. The lowest BCUT2D eigenvalue weighted by molar-refractivity contribution is -0.386. The van der Waals surface area contributed by atoms with Crippen LogP contribution in [0.4, 0.5) is 11.4 Å². The Labute approximate surface area is 198 Å². The first-order valence-electron chi connectivity index (χ1n) is 10.6. The van der Waals surface area contributed by atoms with Crippen LogP contribution in [0.25, 0.3) is 0 Å². The van der Waals surface area contributed by atoms with Gasteiger partial charge in [-0.15, -0.1) is 0 Å². The van der Waals surface area contributed by atoms with Gasteiger partial charge in [-0.25, -0.2) is 8.42 Å². The Balaban J connectivity index is 2.09. The van der Waals surface area contributed by atoms with Gasteiger partial charge in [0.25, 0.3) is 5.91 Å². The first kappa shape index (κ1) is 25.2. The second-order valence-electron chi connectivity index (χ2n) is 7.39. The summed E-state index contributed by atoms with van der Waals surface area (Å²) in [6.45, 7) is 4.44. The molecule has 0 saturated heterocycles. The molecule has 1 heterocycles. The van der Waals surface area contributed by atoms with Crippen molar-refractivity contribution in [1.82, 2.24) is 4.31 Å². The van der Waals surface area contributed by atoms with Crippen LogP contribution in [0.5, 0.6) is 17.2 Å². The summed E-state index contributed by atoms with van der Waals surface area (Å²) >= 11 is 0. The van der Waals surface area contributed by atoms with Crippen LogP contribution in [0.2, 0.25) is 0 Å². The van der Waals surface area contributed by atoms with Crippen molar-refractivity contribution in [3.8, 4) is 17.2 Å². The van der Waals surface area contributed by atoms with Gasteiger partial charge < -0.3 is 19.1 Å². The number of hydrogen-bond acceptors (Lipinski definition) is 8. The largest absolute Gasteiger partial charge is 0.493 e. The van der Waals surface area contributed by atoms with E-state index >= 15 is 0 Å². The minimum Gasteiger partial charge on any atom is -0.493 e. The number of nitro benzene ring substituents is 1. The highest BCUT2D eigenvalue weighted by Gasteiger charge is 2.37. The number of nitro groups is 1.